The van der Waals surface area contributed by atoms with E-state index in [1.165, 1.54) is 5.01 Å². The van der Waals surface area contributed by atoms with Gasteiger partial charge in [0.1, 0.15) is 0 Å². The Morgan fingerprint density at radius 2 is 1.75 bits per heavy atom. The topological polar surface area (TPSA) is 65.3 Å². The van der Waals surface area contributed by atoms with Gasteiger partial charge in [-0.3, -0.25) is 9.59 Å². The van der Waals surface area contributed by atoms with E-state index in [9.17, 15) is 9.59 Å². The zero-order valence-corrected chi connectivity index (χ0v) is 13.5. The molecule has 24 heavy (non-hydrogen) atoms. The van der Waals surface area contributed by atoms with E-state index in [2.05, 4.69) is 10.3 Å². The minimum atomic E-state index is -0.821. The molecule has 2 aliphatic rings. The highest BCUT2D eigenvalue weighted by Crippen LogP contribution is 2.35. The Balaban J connectivity index is 1.72. The van der Waals surface area contributed by atoms with Crippen molar-refractivity contribution in [1.82, 2.24) is 0 Å². The molecule has 7 heteroatoms. The molecule has 0 unspecified atom stereocenters. The van der Waals surface area contributed by atoms with Crippen molar-refractivity contribution in [3.8, 4) is 0 Å². The third-order valence-electron chi connectivity index (χ3n) is 4.22. The van der Waals surface area contributed by atoms with Crippen LogP contribution in [0.5, 0.6) is 0 Å². The number of carbonyl (C=O) groups is 2. The first-order chi connectivity index (χ1) is 11.6. The van der Waals surface area contributed by atoms with Crippen LogP contribution in [0.1, 0.15) is 5.56 Å². The second-order valence-corrected chi connectivity index (χ2v) is 6.13. The molecular weight excluding hydrogens is 328 g/mol. The van der Waals surface area contributed by atoms with Gasteiger partial charge < -0.3 is 0 Å². The molecule has 2 atom stereocenters. The van der Waals surface area contributed by atoms with E-state index in [4.69, 9.17) is 11.6 Å². The van der Waals surface area contributed by atoms with E-state index in [-0.39, 0.29) is 11.8 Å². The highest BCUT2D eigenvalue weighted by atomic mass is 35.5. The van der Waals surface area contributed by atoms with Crippen LogP contribution in [0.4, 0.5) is 11.4 Å². The molecule has 0 N–H and O–H groups in total. The van der Waals surface area contributed by atoms with Crippen LogP contribution in [0.25, 0.3) is 0 Å². The van der Waals surface area contributed by atoms with Crippen LogP contribution in [0, 0.1) is 6.92 Å². The quantitative estimate of drug-likeness (QED) is 0.789. The molecule has 2 aliphatic heterocycles. The van der Waals surface area contributed by atoms with Gasteiger partial charge in [0.05, 0.1) is 11.4 Å². The Morgan fingerprint density at radius 1 is 1.00 bits per heavy atom. The monoisotopic (exact) mass is 340 g/mol. The molecule has 2 heterocycles. The standard InChI is InChI=1S/C17H13ClN4O2/c1-10-7-8-12(9-13(10)18)21-16(23)14-15(17(21)24)22(20-19-14)11-5-3-2-4-6-11/h2-9,14-15H,1H3/t14-,15+/m1/s1. The van der Waals surface area contributed by atoms with Crippen LogP contribution in [0.15, 0.2) is 58.9 Å². The molecule has 2 amide bonds. The molecule has 1 saturated heterocycles. The Hall–Kier alpha value is -2.73. The lowest BCUT2D eigenvalue weighted by Gasteiger charge is -2.20. The average Bonchev–Trinajstić information content (AvgIpc) is 3.12. The van der Waals surface area contributed by atoms with Gasteiger partial charge in [-0.2, -0.15) is 5.11 Å². The van der Waals surface area contributed by atoms with Crippen molar-refractivity contribution >= 4 is 34.8 Å². The number of hydrogen-bond donors (Lipinski definition) is 0. The van der Waals surface area contributed by atoms with Crippen LogP contribution >= 0.6 is 11.6 Å². The highest BCUT2D eigenvalue weighted by molar-refractivity contribution is 6.32. The SMILES string of the molecule is Cc1ccc(N2C(=O)[C@@H]3[C@@H](N=NN3c3ccccc3)C2=O)cc1Cl. The lowest BCUT2D eigenvalue weighted by atomic mass is 10.1. The van der Waals surface area contributed by atoms with Gasteiger partial charge in [0, 0.05) is 5.02 Å². The molecule has 0 spiro atoms. The van der Waals surface area contributed by atoms with E-state index in [1.54, 1.807) is 18.2 Å². The van der Waals surface area contributed by atoms with Gasteiger partial charge in [0.25, 0.3) is 11.8 Å². The lowest BCUT2D eigenvalue weighted by Crippen LogP contribution is -2.39. The number of imide groups is 1. The predicted molar refractivity (Wildman–Crippen MR) is 90.0 cm³/mol. The molecule has 1 fully saturated rings. The molecule has 0 aliphatic carbocycles. The summed E-state index contributed by atoms with van der Waals surface area (Å²) < 4.78 is 0. The summed E-state index contributed by atoms with van der Waals surface area (Å²) in [5.41, 5.74) is 2.06. The summed E-state index contributed by atoms with van der Waals surface area (Å²) in [6, 6.07) is 12.7. The summed E-state index contributed by atoms with van der Waals surface area (Å²) in [6.07, 6.45) is 0. The number of para-hydroxylation sites is 1. The van der Waals surface area contributed by atoms with Gasteiger partial charge in [-0.05, 0) is 36.8 Å². The van der Waals surface area contributed by atoms with Crippen LogP contribution in [0.3, 0.4) is 0 Å². The third-order valence-corrected chi connectivity index (χ3v) is 4.62. The molecule has 0 bridgehead atoms. The van der Waals surface area contributed by atoms with Gasteiger partial charge in [0.15, 0.2) is 12.1 Å². The van der Waals surface area contributed by atoms with Gasteiger partial charge in [0.2, 0.25) is 0 Å². The molecule has 2 aromatic rings. The minimum Gasteiger partial charge on any atom is -0.271 e. The molecule has 4 rings (SSSR count). The average molecular weight is 341 g/mol. The summed E-state index contributed by atoms with van der Waals surface area (Å²) in [5.74, 6) is -0.731. The van der Waals surface area contributed by atoms with Gasteiger partial charge in [-0.25, -0.2) is 9.91 Å². The molecule has 120 valence electrons. The van der Waals surface area contributed by atoms with Crippen LogP contribution in [0.2, 0.25) is 5.02 Å². The van der Waals surface area contributed by atoms with Crippen molar-refractivity contribution in [3.05, 3.63) is 59.1 Å². The summed E-state index contributed by atoms with van der Waals surface area (Å²) in [5, 5.41) is 10.0. The first-order valence-electron chi connectivity index (χ1n) is 7.47. The number of rotatable bonds is 2. The Kier molecular flexibility index (Phi) is 3.35. The number of hydrogen-bond acceptors (Lipinski definition) is 5. The van der Waals surface area contributed by atoms with Crippen molar-refractivity contribution in [1.29, 1.82) is 0 Å². The van der Waals surface area contributed by atoms with E-state index in [0.29, 0.717) is 10.7 Å². The fourth-order valence-electron chi connectivity index (χ4n) is 2.93. The molecule has 0 saturated carbocycles. The molecule has 6 nitrogen and oxygen atoms in total. The summed E-state index contributed by atoms with van der Waals surface area (Å²) in [4.78, 5) is 26.7. The first-order valence-corrected chi connectivity index (χ1v) is 7.85. The highest BCUT2D eigenvalue weighted by Gasteiger charge is 2.55. The molecular formula is C17H13ClN4O2. The number of carbonyl (C=O) groups excluding carboxylic acids is 2. The van der Waals surface area contributed by atoms with Crippen LogP contribution < -0.4 is 9.91 Å². The van der Waals surface area contributed by atoms with E-state index in [1.807, 2.05) is 37.3 Å². The smallest absolute Gasteiger partial charge is 0.263 e. The summed E-state index contributed by atoms with van der Waals surface area (Å²) >= 11 is 6.13. The molecule has 0 aromatic heterocycles. The van der Waals surface area contributed by atoms with Gasteiger partial charge in [-0.15, -0.1) is 0 Å². The minimum absolute atomic E-state index is 0.348. The largest absolute Gasteiger partial charge is 0.271 e. The van der Waals surface area contributed by atoms with Crippen molar-refractivity contribution < 1.29 is 9.59 Å². The number of aryl methyl sites for hydroxylation is 1. The maximum Gasteiger partial charge on any atom is 0.263 e. The summed E-state index contributed by atoms with van der Waals surface area (Å²) in [7, 11) is 0. The van der Waals surface area contributed by atoms with Crippen molar-refractivity contribution in [2.45, 2.75) is 19.0 Å². The second kappa shape index (κ2) is 5.42. The number of fused-ring (bicyclic) bond motifs is 1. The maximum absolute atomic E-state index is 12.9. The van der Waals surface area contributed by atoms with Crippen molar-refractivity contribution in [2.24, 2.45) is 10.3 Å². The van der Waals surface area contributed by atoms with E-state index >= 15 is 0 Å². The van der Waals surface area contributed by atoms with Crippen molar-refractivity contribution in [2.75, 3.05) is 9.91 Å². The van der Waals surface area contributed by atoms with Gasteiger partial charge in [-0.1, -0.05) is 41.1 Å². The number of anilines is 2. The van der Waals surface area contributed by atoms with Crippen molar-refractivity contribution in [3.63, 3.8) is 0 Å². The summed E-state index contributed by atoms with van der Waals surface area (Å²) in [6.45, 7) is 1.86. The fourth-order valence-corrected chi connectivity index (χ4v) is 3.10. The number of benzene rings is 2. The number of amides is 2. The van der Waals surface area contributed by atoms with Gasteiger partial charge >= 0.3 is 0 Å². The van der Waals surface area contributed by atoms with Crippen LogP contribution in [-0.2, 0) is 9.59 Å². The molecule has 0 radical (unpaired) electrons. The lowest BCUT2D eigenvalue weighted by molar-refractivity contribution is -0.121. The normalized spacial score (nSPS) is 22.4. The third kappa shape index (κ3) is 2.11. The fraction of sp³-hybridized carbons (Fsp3) is 0.176. The first kappa shape index (κ1) is 14.8. The second-order valence-electron chi connectivity index (χ2n) is 5.72. The number of halogens is 1. The maximum atomic E-state index is 12.9. The van der Waals surface area contributed by atoms with Crippen LogP contribution in [-0.4, -0.2) is 23.9 Å². The van der Waals surface area contributed by atoms with E-state index in [0.717, 1.165) is 16.2 Å². The zero-order valence-electron chi connectivity index (χ0n) is 12.8. The Bertz CT molecular complexity index is 868. The Labute approximate surface area is 143 Å². The number of nitrogens with zero attached hydrogens (tertiary/aromatic N) is 4. The zero-order chi connectivity index (χ0) is 16.8. The molecule has 2 aromatic carbocycles. The van der Waals surface area contributed by atoms with E-state index < -0.39 is 12.1 Å². The Morgan fingerprint density at radius 3 is 2.46 bits per heavy atom. The predicted octanol–water partition coefficient (Wildman–Crippen LogP) is 3.15.